The van der Waals surface area contributed by atoms with Crippen LogP contribution in [0.5, 0.6) is 5.75 Å². The van der Waals surface area contributed by atoms with Crippen LogP contribution in [-0.4, -0.2) is 32.4 Å². The highest BCUT2D eigenvalue weighted by molar-refractivity contribution is 5.26. The van der Waals surface area contributed by atoms with Gasteiger partial charge in [0.25, 0.3) is 0 Å². The molecule has 1 aliphatic heterocycles. The van der Waals surface area contributed by atoms with E-state index in [1.54, 1.807) is 0 Å². The average Bonchev–Trinajstić information content (AvgIpc) is 2.77. The molecular weight excluding hydrogens is 214 g/mol. The van der Waals surface area contributed by atoms with Crippen LogP contribution in [0.1, 0.15) is 18.4 Å². The maximum absolute atomic E-state index is 5.86. The molecule has 0 bridgehead atoms. The first-order chi connectivity index (χ1) is 8.28. The molecule has 3 nitrogen and oxygen atoms in total. The Labute approximate surface area is 103 Å². The Morgan fingerprint density at radius 1 is 1.24 bits per heavy atom. The smallest absolute Gasteiger partial charge is 0.119 e. The number of benzene rings is 1. The van der Waals surface area contributed by atoms with Crippen LogP contribution in [0.15, 0.2) is 24.3 Å². The van der Waals surface area contributed by atoms with Crippen LogP contribution in [-0.2, 0) is 4.74 Å². The van der Waals surface area contributed by atoms with E-state index < -0.39 is 0 Å². The van der Waals surface area contributed by atoms with Crippen molar-refractivity contribution in [3.8, 4) is 5.75 Å². The fourth-order valence-corrected chi connectivity index (χ4v) is 2.10. The lowest BCUT2D eigenvalue weighted by atomic mass is 10.2. The predicted octanol–water partition coefficient (Wildman–Crippen LogP) is 2.14. The van der Waals surface area contributed by atoms with Gasteiger partial charge >= 0.3 is 0 Å². The molecular formula is C14H21NO2. The van der Waals surface area contributed by atoms with Gasteiger partial charge in [-0.1, -0.05) is 17.7 Å². The summed E-state index contributed by atoms with van der Waals surface area (Å²) in [5.41, 5.74) is 1.25. The molecule has 0 amide bonds. The van der Waals surface area contributed by atoms with Crippen molar-refractivity contribution in [1.82, 2.24) is 5.32 Å². The third kappa shape index (κ3) is 3.72. The van der Waals surface area contributed by atoms with Gasteiger partial charge in [-0.15, -0.1) is 0 Å². The second kappa shape index (κ2) is 6.03. The monoisotopic (exact) mass is 235 g/mol. The second-order valence-corrected chi connectivity index (χ2v) is 4.64. The van der Waals surface area contributed by atoms with Crippen molar-refractivity contribution in [2.24, 2.45) is 0 Å². The Morgan fingerprint density at radius 3 is 2.65 bits per heavy atom. The second-order valence-electron chi connectivity index (χ2n) is 4.64. The molecule has 2 rings (SSSR count). The Hall–Kier alpha value is -1.06. The summed E-state index contributed by atoms with van der Waals surface area (Å²) in [5, 5.41) is 3.14. The number of hydrogen-bond donors (Lipinski definition) is 1. The van der Waals surface area contributed by atoms with E-state index in [4.69, 9.17) is 9.47 Å². The van der Waals surface area contributed by atoms with Crippen LogP contribution in [0.25, 0.3) is 0 Å². The number of nitrogens with one attached hydrogen (secondary N) is 1. The summed E-state index contributed by atoms with van der Waals surface area (Å²) in [6.45, 7) is 3.66. The molecule has 1 aromatic carbocycles. The maximum atomic E-state index is 5.86. The molecule has 1 aromatic rings. The van der Waals surface area contributed by atoms with Crippen LogP contribution < -0.4 is 10.1 Å². The number of ether oxygens (including phenoxy) is 2. The molecule has 1 heterocycles. The lowest BCUT2D eigenvalue weighted by Gasteiger charge is -2.14. The fraction of sp³-hybridized carbons (Fsp3) is 0.571. The summed E-state index contributed by atoms with van der Waals surface area (Å²) in [7, 11) is 1.96. The summed E-state index contributed by atoms with van der Waals surface area (Å²) < 4.78 is 11.6. The minimum Gasteiger partial charge on any atom is -0.491 e. The van der Waals surface area contributed by atoms with Crippen molar-refractivity contribution in [3.05, 3.63) is 29.8 Å². The van der Waals surface area contributed by atoms with Crippen molar-refractivity contribution >= 4 is 0 Å². The zero-order chi connectivity index (χ0) is 12.1. The largest absolute Gasteiger partial charge is 0.491 e. The van der Waals surface area contributed by atoms with Gasteiger partial charge in [0, 0.05) is 6.54 Å². The number of rotatable bonds is 5. The third-order valence-electron chi connectivity index (χ3n) is 3.08. The first kappa shape index (κ1) is 12.4. The fourth-order valence-electron chi connectivity index (χ4n) is 2.10. The molecule has 1 aliphatic rings. The maximum Gasteiger partial charge on any atom is 0.119 e. The molecule has 0 radical (unpaired) electrons. The molecule has 0 spiro atoms. The Kier molecular flexibility index (Phi) is 4.40. The minimum absolute atomic E-state index is 0.245. The molecule has 0 aromatic heterocycles. The third-order valence-corrected chi connectivity index (χ3v) is 3.08. The van der Waals surface area contributed by atoms with Gasteiger partial charge in [0.1, 0.15) is 12.4 Å². The van der Waals surface area contributed by atoms with Crippen LogP contribution in [0, 0.1) is 6.92 Å². The van der Waals surface area contributed by atoms with E-state index in [0.717, 1.165) is 25.1 Å². The summed E-state index contributed by atoms with van der Waals surface area (Å²) >= 11 is 0. The van der Waals surface area contributed by atoms with Crippen LogP contribution >= 0.6 is 0 Å². The van der Waals surface area contributed by atoms with Gasteiger partial charge in [-0.25, -0.2) is 0 Å². The average molecular weight is 235 g/mol. The number of hydrogen-bond acceptors (Lipinski definition) is 3. The predicted molar refractivity (Wildman–Crippen MR) is 68.5 cm³/mol. The van der Waals surface area contributed by atoms with E-state index in [2.05, 4.69) is 24.4 Å². The van der Waals surface area contributed by atoms with Gasteiger partial charge in [-0.05, 0) is 38.9 Å². The van der Waals surface area contributed by atoms with Gasteiger partial charge in [0.15, 0.2) is 0 Å². The van der Waals surface area contributed by atoms with Gasteiger partial charge < -0.3 is 14.8 Å². The molecule has 1 N–H and O–H groups in total. The van der Waals surface area contributed by atoms with Gasteiger partial charge in [-0.2, -0.15) is 0 Å². The first-order valence-electron chi connectivity index (χ1n) is 6.27. The lowest BCUT2D eigenvalue weighted by molar-refractivity contribution is 0.0193. The van der Waals surface area contributed by atoms with Crippen LogP contribution in [0.2, 0.25) is 0 Å². The van der Waals surface area contributed by atoms with E-state index in [9.17, 15) is 0 Å². The topological polar surface area (TPSA) is 30.5 Å². The Bertz CT molecular complexity index is 337. The summed E-state index contributed by atoms with van der Waals surface area (Å²) in [4.78, 5) is 0. The van der Waals surface area contributed by atoms with E-state index >= 15 is 0 Å². The molecule has 1 saturated heterocycles. The van der Waals surface area contributed by atoms with E-state index in [0.29, 0.717) is 12.7 Å². The van der Waals surface area contributed by atoms with Gasteiger partial charge in [0.2, 0.25) is 0 Å². The molecule has 0 aliphatic carbocycles. The zero-order valence-electron chi connectivity index (χ0n) is 10.6. The quantitative estimate of drug-likeness (QED) is 0.848. The van der Waals surface area contributed by atoms with Crippen LogP contribution in [0.3, 0.4) is 0 Å². The SMILES string of the molecule is CNCC1CCC(COc2ccc(C)cc2)O1. The van der Waals surface area contributed by atoms with Crippen molar-refractivity contribution in [2.45, 2.75) is 32.0 Å². The number of likely N-dealkylation sites (N-methyl/N-ethyl adjacent to an activating group) is 1. The van der Waals surface area contributed by atoms with Crippen molar-refractivity contribution in [1.29, 1.82) is 0 Å². The summed E-state index contributed by atoms with van der Waals surface area (Å²) in [6, 6.07) is 8.15. The van der Waals surface area contributed by atoms with E-state index in [1.165, 1.54) is 5.56 Å². The highest BCUT2D eigenvalue weighted by atomic mass is 16.5. The number of aryl methyl sites for hydroxylation is 1. The van der Waals surface area contributed by atoms with Crippen molar-refractivity contribution in [2.75, 3.05) is 20.2 Å². The highest BCUT2D eigenvalue weighted by Crippen LogP contribution is 2.20. The lowest BCUT2D eigenvalue weighted by Crippen LogP contribution is -2.25. The van der Waals surface area contributed by atoms with E-state index in [-0.39, 0.29) is 6.10 Å². The molecule has 94 valence electrons. The summed E-state index contributed by atoms with van der Waals surface area (Å²) in [6.07, 6.45) is 2.82. The molecule has 1 fully saturated rings. The Balaban J connectivity index is 1.74. The standard InChI is InChI=1S/C14H21NO2/c1-11-3-5-12(6-4-11)16-10-14-8-7-13(17-14)9-15-2/h3-6,13-15H,7-10H2,1-2H3. The highest BCUT2D eigenvalue weighted by Gasteiger charge is 2.24. The zero-order valence-corrected chi connectivity index (χ0v) is 10.6. The molecule has 3 heteroatoms. The molecule has 2 unspecified atom stereocenters. The van der Waals surface area contributed by atoms with Crippen LogP contribution in [0.4, 0.5) is 0 Å². The molecule has 17 heavy (non-hydrogen) atoms. The van der Waals surface area contributed by atoms with E-state index in [1.807, 2.05) is 19.2 Å². The molecule has 0 saturated carbocycles. The summed E-state index contributed by atoms with van der Waals surface area (Å²) in [5.74, 6) is 0.927. The van der Waals surface area contributed by atoms with Gasteiger partial charge in [0.05, 0.1) is 12.2 Å². The normalized spacial score (nSPS) is 23.9. The minimum atomic E-state index is 0.245. The van der Waals surface area contributed by atoms with Crippen molar-refractivity contribution in [3.63, 3.8) is 0 Å². The first-order valence-corrected chi connectivity index (χ1v) is 6.27. The van der Waals surface area contributed by atoms with Gasteiger partial charge in [-0.3, -0.25) is 0 Å². The van der Waals surface area contributed by atoms with Crippen molar-refractivity contribution < 1.29 is 9.47 Å². The molecule has 2 atom stereocenters. The Morgan fingerprint density at radius 2 is 1.94 bits per heavy atom.